The summed E-state index contributed by atoms with van der Waals surface area (Å²) in [5.41, 5.74) is -2.78. The van der Waals surface area contributed by atoms with Gasteiger partial charge >= 0.3 is 12.1 Å². The van der Waals surface area contributed by atoms with Gasteiger partial charge in [-0.3, -0.25) is 4.79 Å². The summed E-state index contributed by atoms with van der Waals surface area (Å²) in [6, 6.07) is 0. The summed E-state index contributed by atoms with van der Waals surface area (Å²) in [4.78, 5) is 11.4. The molecule has 2 unspecified atom stereocenters. The number of hydrogen-bond acceptors (Lipinski definition) is 1. The zero-order valence-electron chi connectivity index (χ0n) is 9.39. The molecule has 0 spiro atoms. The van der Waals surface area contributed by atoms with Crippen LogP contribution in [0.5, 0.6) is 0 Å². The van der Waals surface area contributed by atoms with Gasteiger partial charge in [-0.25, -0.2) is 0 Å². The second-order valence-electron chi connectivity index (χ2n) is 6.32. The number of carbonyl (C=O) groups is 1. The fourth-order valence-electron chi connectivity index (χ4n) is 4.84. The lowest BCUT2D eigenvalue weighted by molar-refractivity contribution is -0.285. The van der Waals surface area contributed by atoms with Crippen LogP contribution in [0.4, 0.5) is 13.2 Å². The van der Waals surface area contributed by atoms with E-state index in [1.54, 1.807) is 0 Å². The number of halogens is 3. The van der Waals surface area contributed by atoms with Gasteiger partial charge in [0.15, 0.2) is 0 Å². The van der Waals surface area contributed by atoms with Gasteiger partial charge in [-0.15, -0.1) is 0 Å². The predicted molar refractivity (Wildman–Crippen MR) is 53.2 cm³/mol. The average Bonchev–Trinajstić information content (AvgIpc) is 2.13. The summed E-state index contributed by atoms with van der Waals surface area (Å²) in [5.74, 6) is -1.08. The Hall–Kier alpha value is -0.740. The zero-order valence-corrected chi connectivity index (χ0v) is 9.39. The summed E-state index contributed by atoms with van der Waals surface area (Å²) in [5, 5.41) is 9.29. The molecule has 0 amide bonds. The minimum Gasteiger partial charge on any atom is -0.481 e. The van der Waals surface area contributed by atoms with Gasteiger partial charge in [0.2, 0.25) is 0 Å². The lowest BCUT2D eigenvalue weighted by atomic mass is 9.44. The first-order chi connectivity index (χ1) is 7.76. The molecule has 0 aromatic heterocycles. The van der Waals surface area contributed by atoms with Crippen molar-refractivity contribution in [1.82, 2.24) is 0 Å². The van der Waals surface area contributed by atoms with Crippen LogP contribution < -0.4 is 0 Å². The van der Waals surface area contributed by atoms with E-state index in [1.807, 2.05) is 0 Å². The smallest absolute Gasteiger partial charge is 0.394 e. The Morgan fingerprint density at radius 1 is 1.12 bits per heavy atom. The van der Waals surface area contributed by atoms with Crippen molar-refractivity contribution in [1.29, 1.82) is 0 Å². The van der Waals surface area contributed by atoms with Crippen LogP contribution in [0.1, 0.15) is 38.5 Å². The minimum absolute atomic E-state index is 0.0334. The van der Waals surface area contributed by atoms with Crippen LogP contribution >= 0.6 is 0 Å². The van der Waals surface area contributed by atoms with Crippen LogP contribution in [0, 0.1) is 22.7 Å². The molecule has 4 saturated carbocycles. The van der Waals surface area contributed by atoms with E-state index in [1.165, 1.54) is 0 Å². The Labute approximate surface area is 97.2 Å². The largest absolute Gasteiger partial charge is 0.481 e. The van der Waals surface area contributed by atoms with Crippen molar-refractivity contribution < 1.29 is 23.1 Å². The molecule has 5 heteroatoms. The molecule has 0 saturated heterocycles. The van der Waals surface area contributed by atoms with Crippen LogP contribution in [-0.4, -0.2) is 17.3 Å². The molecular formula is C12H15F3O2. The van der Waals surface area contributed by atoms with Crippen molar-refractivity contribution in [3.63, 3.8) is 0 Å². The molecule has 17 heavy (non-hydrogen) atoms. The number of aliphatic carboxylic acids is 1. The third kappa shape index (κ3) is 1.37. The molecule has 4 aliphatic carbocycles. The van der Waals surface area contributed by atoms with E-state index in [2.05, 4.69) is 0 Å². The highest BCUT2D eigenvalue weighted by Gasteiger charge is 2.69. The van der Waals surface area contributed by atoms with Gasteiger partial charge < -0.3 is 5.11 Å². The van der Waals surface area contributed by atoms with E-state index < -0.39 is 23.0 Å². The molecule has 4 aliphatic rings. The van der Waals surface area contributed by atoms with E-state index >= 15 is 0 Å². The van der Waals surface area contributed by atoms with Crippen molar-refractivity contribution in [3.05, 3.63) is 0 Å². The SMILES string of the molecule is O=C(O)C12CC3CC(C1)CC(C(F)(F)F)(C3)C2. The Balaban J connectivity index is 2.03. The summed E-state index contributed by atoms with van der Waals surface area (Å²) in [6.07, 6.45) is -2.42. The number of carboxylic acids is 1. The Morgan fingerprint density at radius 3 is 2.06 bits per heavy atom. The molecule has 96 valence electrons. The number of carboxylic acid groups (broad SMARTS) is 1. The van der Waals surface area contributed by atoms with Crippen molar-refractivity contribution >= 4 is 5.97 Å². The molecule has 4 rings (SSSR count). The second kappa shape index (κ2) is 2.98. The summed E-state index contributed by atoms with van der Waals surface area (Å²) < 4.78 is 39.7. The van der Waals surface area contributed by atoms with Gasteiger partial charge in [-0.1, -0.05) is 0 Å². The van der Waals surface area contributed by atoms with Gasteiger partial charge in [0.25, 0.3) is 0 Å². The second-order valence-corrected chi connectivity index (χ2v) is 6.32. The van der Waals surface area contributed by atoms with Crippen LogP contribution in [0.15, 0.2) is 0 Å². The van der Waals surface area contributed by atoms with E-state index in [-0.39, 0.29) is 31.1 Å². The summed E-state index contributed by atoms with van der Waals surface area (Å²) in [6.45, 7) is 0. The van der Waals surface area contributed by atoms with Crippen molar-refractivity contribution in [2.75, 3.05) is 0 Å². The van der Waals surface area contributed by atoms with E-state index in [9.17, 15) is 23.1 Å². The molecule has 2 atom stereocenters. The third-order valence-corrected chi connectivity index (χ3v) is 5.12. The predicted octanol–water partition coefficient (Wildman–Crippen LogP) is 3.22. The van der Waals surface area contributed by atoms with Gasteiger partial charge in [0.1, 0.15) is 0 Å². The molecule has 0 aliphatic heterocycles. The molecule has 0 radical (unpaired) electrons. The van der Waals surface area contributed by atoms with E-state index in [0.29, 0.717) is 12.8 Å². The molecule has 4 bridgehead atoms. The fourth-order valence-corrected chi connectivity index (χ4v) is 4.84. The normalized spacial score (nSPS) is 48.4. The molecule has 4 fully saturated rings. The Bertz CT molecular complexity index is 360. The highest BCUT2D eigenvalue weighted by Crippen LogP contribution is 2.69. The van der Waals surface area contributed by atoms with Crippen molar-refractivity contribution in [3.8, 4) is 0 Å². The van der Waals surface area contributed by atoms with Crippen molar-refractivity contribution in [2.45, 2.75) is 44.7 Å². The quantitative estimate of drug-likeness (QED) is 0.773. The first-order valence-corrected chi connectivity index (χ1v) is 6.07. The minimum atomic E-state index is -4.24. The Morgan fingerprint density at radius 2 is 1.65 bits per heavy atom. The zero-order chi connectivity index (χ0) is 12.5. The molecule has 0 heterocycles. The maximum absolute atomic E-state index is 13.2. The van der Waals surface area contributed by atoms with Gasteiger partial charge in [-0.05, 0) is 50.4 Å². The molecular weight excluding hydrogens is 233 g/mol. The summed E-state index contributed by atoms with van der Waals surface area (Å²) >= 11 is 0. The lowest BCUT2D eigenvalue weighted by Crippen LogP contribution is -2.59. The van der Waals surface area contributed by atoms with Crippen LogP contribution in [0.25, 0.3) is 0 Å². The Kier molecular flexibility index (Phi) is 1.99. The molecule has 1 N–H and O–H groups in total. The molecule has 0 aromatic carbocycles. The van der Waals surface area contributed by atoms with Crippen molar-refractivity contribution in [2.24, 2.45) is 22.7 Å². The maximum Gasteiger partial charge on any atom is 0.394 e. The number of alkyl halides is 3. The van der Waals surface area contributed by atoms with E-state index in [4.69, 9.17) is 0 Å². The number of hydrogen-bond donors (Lipinski definition) is 1. The van der Waals surface area contributed by atoms with Crippen LogP contribution in [0.3, 0.4) is 0 Å². The maximum atomic E-state index is 13.2. The lowest BCUT2D eigenvalue weighted by Gasteiger charge is -2.60. The highest BCUT2D eigenvalue weighted by atomic mass is 19.4. The van der Waals surface area contributed by atoms with Crippen LogP contribution in [0.2, 0.25) is 0 Å². The third-order valence-electron chi connectivity index (χ3n) is 5.12. The highest BCUT2D eigenvalue weighted by molar-refractivity contribution is 5.75. The van der Waals surface area contributed by atoms with Gasteiger partial charge in [-0.2, -0.15) is 13.2 Å². The molecule has 2 nitrogen and oxygen atoms in total. The standard InChI is InChI=1S/C12H15F3O2/c13-12(14,15)11-4-7-1-8(5-11)3-10(2-7,6-11)9(16)17/h7-8H,1-6H2,(H,16,17). The number of rotatable bonds is 1. The van der Waals surface area contributed by atoms with Gasteiger partial charge in [0, 0.05) is 0 Å². The van der Waals surface area contributed by atoms with Crippen LogP contribution in [-0.2, 0) is 4.79 Å². The first kappa shape index (κ1) is 11.4. The monoisotopic (exact) mass is 248 g/mol. The van der Waals surface area contributed by atoms with Gasteiger partial charge in [0.05, 0.1) is 10.8 Å². The van der Waals surface area contributed by atoms with E-state index in [0.717, 1.165) is 6.42 Å². The summed E-state index contributed by atoms with van der Waals surface area (Å²) in [7, 11) is 0. The first-order valence-electron chi connectivity index (χ1n) is 6.07. The topological polar surface area (TPSA) is 37.3 Å². The fraction of sp³-hybridized carbons (Fsp3) is 0.917. The average molecular weight is 248 g/mol. The molecule has 0 aromatic rings.